The molecule has 1 aromatic heterocycles. The Bertz CT molecular complexity index is 757. The minimum Gasteiger partial charge on any atom is -0.384 e. The number of nitrogens with two attached hydrogens (primary N) is 1. The van der Waals surface area contributed by atoms with Crippen molar-refractivity contribution in [3.05, 3.63) is 59.3 Å². The van der Waals surface area contributed by atoms with Crippen molar-refractivity contribution in [3.8, 4) is 0 Å². The van der Waals surface area contributed by atoms with E-state index >= 15 is 0 Å². The van der Waals surface area contributed by atoms with Gasteiger partial charge >= 0.3 is 0 Å². The van der Waals surface area contributed by atoms with E-state index in [9.17, 15) is 4.79 Å². The first-order valence-corrected chi connectivity index (χ1v) is 9.82. The first-order valence-electron chi connectivity index (χ1n) is 9.82. The molecule has 3 N–H and O–H groups in total. The first-order chi connectivity index (χ1) is 13.0. The minimum atomic E-state index is -0.0750. The lowest BCUT2D eigenvalue weighted by atomic mass is 10.0. The van der Waals surface area contributed by atoms with Crippen molar-refractivity contribution in [2.75, 3.05) is 18.8 Å². The van der Waals surface area contributed by atoms with E-state index in [0.717, 1.165) is 38.9 Å². The quantitative estimate of drug-likeness (QED) is 0.823. The summed E-state index contributed by atoms with van der Waals surface area (Å²) in [6.07, 6.45) is 4.79. The second-order valence-electron chi connectivity index (χ2n) is 7.93. The van der Waals surface area contributed by atoms with Crippen LogP contribution in [0, 0.1) is 5.92 Å². The fraction of sp³-hybridized carbons (Fsp3) is 0.455. The summed E-state index contributed by atoms with van der Waals surface area (Å²) in [5, 5.41) is 3.14. The van der Waals surface area contributed by atoms with Gasteiger partial charge in [-0.25, -0.2) is 4.98 Å². The third-order valence-corrected chi connectivity index (χ3v) is 4.96. The Hall–Kier alpha value is -2.40. The molecule has 0 saturated carbocycles. The third kappa shape index (κ3) is 5.79. The summed E-state index contributed by atoms with van der Waals surface area (Å²) in [6.45, 7) is 7.37. The smallest absolute Gasteiger partial charge is 0.251 e. The van der Waals surface area contributed by atoms with E-state index in [-0.39, 0.29) is 11.9 Å². The van der Waals surface area contributed by atoms with Gasteiger partial charge in [-0.05, 0) is 55.0 Å². The Balaban J connectivity index is 1.54. The first kappa shape index (κ1) is 19.4. The zero-order chi connectivity index (χ0) is 19.2. The fourth-order valence-corrected chi connectivity index (χ4v) is 3.69. The Morgan fingerprint density at radius 1 is 1.26 bits per heavy atom. The number of nitrogen functional groups attached to an aromatic ring is 1. The molecule has 144 valence electrons. The van der Waals surface area contributed by atoms with Gasteiger partial charge in [0.25, 0.3) is 5.91 Å². The lowest BCUT2D eigenvalue weighted by Crippen LogP contribution is -2.47. The zero-order valence-electron chi connectivity index (χ0n) is 16.3. The number of carbonyl (C=O) groups excluding carboxylic acids is 1. The average Bonchev–Trinajstić information content (AvgIpc) is 2.63. The Morgan fingerprint density at radius 2 is 2.00 bits per heavy atom. The molecule has 0 aliphatic carbocycles. The average molecular weight is 367 g/mol. The summed E-state index contributed by atoms with van der Waals surface area (Å²) >= 11 is 0. The van der Waals surface area contributed by atoms with E-state index in [1.807, 2.05) is 0 Å². The topological polar surface area (TPSA) is 71.2 Å². The number of nitrogens with one attached hydrogen (secondary N) is 1. The van der Waals surface area contributed by atoms with Gasteiger partial charge in [-0.3, -0.25) is 9.69 Å². The summed E-state index contributed by atoms with van der Waals surface area (Å²) in [5.74, 6) is 0.973. The summed E-state index contributed by atoms with van der Waals surface area (Å²) in [5.41, 5.74) is 8.97. The number of hydrogen-bond acceptors (Lipinski definition) is 4. The van der Waals surface area contributed by atoms with E-state index in [1.165, 1.54) is 11.1 Å². The number of anilines is 1. The van der Waals surface area contributed by atoms with Gasteiger partial charge < -0.3 is 11.1 Å². The van der Waals surface area contributed by atoms with E-state index in [2.05, 4.69) is 53.3 Å². The molecule has 1 saturated heterocycles. The van der Waals surface area contributed by atoms with Gasteiger partial charge in [-0.2, -0.15) is 0 Å². The number of likely N-dealkylation sites (tertiary alicyclic amines) is 1. The van der Waals surface area contributed by atoms with Crippen LogP contribution in [0.2, 0.25) is 0 Å². The third-order valence-electron chi connectivity index (χ3n) is 4.96. The van der Waals surface area contributed by atoms with Crippen LogP contribution in [0.25, 0.3) is 0 Å². The zero-order valence-corrected chi connectivity index (χ0v) is 16.3. The van der Waals surface area contributed by atoms with Crippen LogP contribution >= 0.6 is 0 Å². The van der Waals surface area contributed by atoms with Crippen molar-refractivity contribution < 1.29 is 4.79 Å². The van der Waals surface area contributed by atoms with E-state index in [4.69, 9.17) is 5.73 Å². The highest BCUT2D eigenvalue weighted by molar-refractivity contribution is 5.94. The molecule has 27 heavy (non-hydrogen) atoms. The van der Waals surface area contributed by atoms with E-state index in [1.54, 1.807) is 18.3 Å². The maximum atomic E-state index is 12.4. The minimum absolute atomic E-state index is 0.0750. The van der Waals surface area contributed by atoms with Crippen molar-refractivity contribution in [2.45, 2.75) is 45.7 Å². The normalized spacial score (nSPS) is 17.8. The molecule has 1 atom stereocenters. The summed E-state index contributed by atoms with van der Waals surface area (Å²) in [6, 6.07) is 12.4. The lowest BCUT2D eigenvalue weighted by Gasteiger charge is -2.33. The van der Waals surface area contributed by atoms with E-state index in [0.29, 0.717) is 17.3 Å². The number of piperidine rings is 1. The van der Waals surface area contributed by atoms with Crippen LogP contribution in [0.1, 0.15) is 48.2 Å². The fourth-order valence-electron chi connectivity index (χ4n) is 3.69. The van der Waals surface area contributed by atoms with Crippen LogP contribution in [-0.2, 0) is 13.0 Å². The molecule has 1 aromatic carbocycles. The number of benzene rings is 1. The number of aromatic nitrogens is 1. The van der Waals surface area contributed by atoms with Crippen LogP contribution in [0.15, 0.2) is 42.6 Å². The molecular weight excluding hydrogens is 336 g/mol. The molecule has 0 radical (unpaired) electrons. The Morgan fingerprint density at radius 3 is 2.70 bits per heavy atom. The molecule has 5 nitrogen and oxygen atoms in total. The maximum Gasteiger partial charge on any atom is 0.251 e. The van der Waals surface area contributed by atoms with Crippen molar-refractivity contribution >= 4 is 11.7 Å². The van der Waals surface area contributed by atoms with Gasteiger partial charge in [0, 0.05) is 30.9 Å². The number of rotatable bonds is 6. The second-order valence-corrected chi connectivity index (χ2v) is 7.93. The molecule has 5 heteroatoms. The number of hydrogen-bond donors (Lipinski definition) is 2. The molecule has 3 rings (SSSR count). The SMILES string of the molecule is CC(C)Cc1ccc(CN2CCCC(NC(=O)c3ccnc(N)c3)C2)cc1. The molecule has 2 aromatic rings. The predicted octanol–water partition coefficient (Wildman–Crippen LogP) is 3.26. The standard InChI is InChI=1S/C22H30N4O/c1-16(2)12-17-5-7-18(8-6-17)14-26-11-3-4-20(15-26)25-22(27)19-9-10-24-21(23)13-19/h5-10,13,16,20H,3-4,11-12,14-15H2,1-2H3,(H2,23,24)(H,25,27). The molecule has 1 fully saturated rings. The predicted molar refractivity (Wildman–Crippen MR) is 109 cm³/mol. The van der Waals surface area contributed by atoms with Crippen molar-refractivity contribution in [3.63, 3.8) is 0 Å². The summed E-state index contributed by atoms with van der Waals surface area (Å²) < 4.78 is 0. The molecule has 1 amide bonds. The lowest BCUT2D eigenvalue weighted by molar-refractivity contribution is 0.0900. The molecule has 0 spiro atoms. The van der Waals surface area contributed by atoms with Crippen LogP contribution < -0.4 is 11.1 Å². The van der Waals surface area contributed by atoms with Gasteiger partial charge in [0.1, 0.15) is 5.82 Å². The highest BCUT2D eigenvalue weighted by atomic mass is 16.1. The second kappa shape index (κ2) is 9.00. The van der Waals surface area contributed by atoms with Crippen molar-refractivity contribution in [2.24, 2.45) is 5.92 Å². The Kier molecular flexibility index (Phi) is 6.45. The molecular formula is C22H30N4O. The maximum absolute atomic E-state index is 12.4. The van der Waals surface area contributed by atoms with Gasteiger partial charge in [0.15, 0.2) is 0 Å². The highest BCUT2D eigenvalue weighted by Gasteiger charge is 2.22. The van der Waals surface area contributed by atoms with Gasteiger partial charge in [-0.1, -0.05) is 38.1 Å². The highest BCUT2D eigenvalue weighted by Crippen LogP contribution is 2.16. The van der Waals surface area contributed by atoms with Crippen LogP contribution in [-0.4, -0.2) is 34.9 Å². The Labute approximate surface area is 162 Å². The molecule has 1 unspecified atom stereocenters. The van der Waals surface area contributed by atoms with Crippen LogP contribution in [0.5, 0.6) is 0 Å². The van der Waals surface area contributed by atoms with Gasteiger partial charge in [-0.15, -0.1) is 0 Å². The summed E-state index contributed by atoms with van der Waals surface area (Å²) in [7, 11) is 0. The number of carbonyl (C=O) groups is 1. The number of pyridine rings is 1. The van der Waals surface area contributed by atoms with Crippen LogP contribution in [0.3, 0.4) is 0 Å². The molecule has 1 aliphatic rings. The molecule has 1 aliphatic heterocycles. The van der Waals surface area contributed by atoms with Crippen LogP contribution in [0.4, 0.5) is 5.82 Å². The number of nitrogens with zero attached hydrogens (tertiary/aromatic N) is 2. The molecule has 2 heterocycles. The van der Waals surface area contributed by atoms with Gasteiger partial charge in [0.2, 0.25) is 0 Å². The largest absolute Gasteiger partial charge is 0.384 e. The van der Waals surface area contributed by atoms with E-state index < -0.39 is 0 Å². The van der Waals surface area contributed by atoms with Crippen molar-refractivity contribution in [1.82, 2.24) is 15.2 Å². The number of amides is 1. The monoisotopic (exact) mass is 366 g/mol. The van der Waals surface area contributed by atoms with Crippen molar-refractivity contribution in [1.29, 1.82) is 0 Å². The summed E-state index contributed by atoms with van der Waals surface area (Å²) in [4.78, 5) is 18.8. The molecule has 0 bridgehead atoms. The van der Waals surface area contributed by atoms with Gasteiger partial charge in [0.05, 0.1) is 0 Å².